The molecule has 1 aliphatic rings. The van der Waals surface area contributed by atoms with Crippen LogP contribution in [0.15, 0.2) is 4.34 Å². The van der Waals surface area contributed by atoms with Crippen LogP contribution in [0.2, 0.25) is 0 Å². The lowest BCUT2D eigenvalue weighted by Crippen LogP contribution is -2.26. The van der Waals surface area contributed by atoms with E-state index in [1.54, 1.807) is 0 Å². The molecule has 1 aromatic rings. The second-order valence-electron chi connectivity index (χ2n) is 4.89. The largest absolute Gasteiger partial charge is 0.316 e. The monoisotopic (exact) mass is 285 g/mol. The van der Waals surface area contributed by atoms with Crippen molar-refractivity contribution in [1.82, 2.24) is 14.7 Å². The molecule has 18 heavy (non-hydrogen) atoms. The summed E-state index contributed by atoms with van der Waals surface area (Å²) in [4.78, 5) is 4.46. The van der Waals surface area contributed by atoms with Gasteiger partial charge in [0.05, 0.1) is 0 Å². The molecular weight excluding hydrogens is 262 g/mol. The average Bonchev–Trinajstić information content (AvgIpc) is 2.87. The number of nitrogens with zero attached hydrogens (tertiary/aromatic N) is 2. The molecule has 0 aromatic carbocycles. The number of thioether (sulfide) groups is 1. The van der Waals surface area contributed by atoms with E-state index in [2.05, 4.69) is 21.6 Å². The summed E-state index contributed by atoms with van der Waals surface area (Å²) < 4.78 is 5.41. The second-order valence-corrected chi connectivity index (χ2v) is 6.98. The normalized spacial score (nSPS) is 17.2. The van der Waals surface area contributed by atoms with E-state index in [0.717, 1.165) is 34.8 Å². The molecule has 0 unspecified atom stereocenters. The van der Waals surface area contributed by atoms with Gasteiger partial charge in [-0.25, -0.2) is 4.98 Å². The Kier molecular flexibility index (Phi) is 6.45. The SMILES string of the molecule is CCc1nsc(SCCNCC2CCCCC2)n1. The fraction of sp³-hybridized carbons (Fsp3) is 0.846. The topological polar surface area (TPSA) is 37.8 Å². The fourth-order valence-electron chi connectivity index (χ4n) is 2.35. The predicted octanol–water partition coefficient (Wildman–Crippen LogP) is 3.36. The highest BCUT2D eigenvalue weighted by Gasteiger charge is 2.12. The van der Waals surface area contributed by atoms with Gasteiger partial charge in [0.25, 0.3) is 0 Å². The van der Waals surface area contributed by atoms with Crippen LogP contribution in [-0.2, 0) is 6.42 Å². The van der Waals surface area contributed by atoms with Crippen molar-refractivity contribution < 1.29 is 0 Å². The van der Waals surface area contributed by atoms with E-state index in [9.17, 15) is 0 Å². The highest BCUT2D eigenvalue weighted by Crippen LogP contribution is 2.23. The van der Waals surface area contributed by atoms with Crippen LogP contribution < -0.4 is 5.32 Å². The standard InChI is InChI=1S/C13H23N3S2/c1-2-12-15-13(18-16-12)17-9-8-14-10-11-6-4-3-5-7-11/h11,14H,2-10H2,1H3. The third-order valence-corrected chi connectivity index (χ3v) is 5.30. The highest BCUT2D eigenvalue weighted by molar-refractivity contribution is 8.00. The third-order valence-electron chi connectivity index (χ3n) is 3.43. The molecular formula is C13H23N3S2. The molecule has 0 amide bonds. The first-order valence-electron chi connectivity index (χ1n) is 7.04. The molecule has 0 aliphatic heterocycles. The zero-order valence-electron chi connectivity index (χ0n) is 11.2. The van der Waals surface area contributed by atoms with Crippen molar-refractivity contribution in [2.45, 2.75) is 49.8 Å². The Morgan fingerprint density at radius 2 is 2.17 bits per heavy atom. The number of nitrogens with one attached hydrogen (secondary N) is 1. The van der Waals surface area contributed by atoms with Gasteiger partial charge in [-0.1, -0.05) is 37.9 Å². The molecule has 0 spiro atoms. The summed E-state index contributed by atoms with van der Waals surface area (Å²) >= 11 is 3.36. The van der Waals surface area contributed by atoms with Gasteiger partial charge in [0, 0.05) is 18.7 Å². The van der Waals surface area contributed by atoms with Gasteiger partial charge in [-0.3, -0.25) is 0 Å². The maximum Gasteiger partial charge on any atom is 0.170 e. The molecule has 0 saturated heterocycles. The number of rotatable bonds is 7. The first-order chi connectivity index (χ1) is 8.88. The van der Waals surface area contributed by atoms with Crippen LogP contribution in [0.5, 0.6) is 0 Å². The van der Waals surface area contributed by atoms with Crippen molar-refractivity contribution in [2.75, 3.05) is 18.8 Å². The molecule has 1 fully saturated rings. The van der Waals surface area contributed by atoms with E-state index in [0.29, 0.717) is 0 Å². The van der Waals surface area contributed by atoms with Crippen molar-refractivity contribution in [2.24, 2.45) is 5.92 Å². The lowest BCUT2D eigenvalue weighted by molar-refractivity contribution is 0.345. The van der Waals surface area contributed by atoms with Gasteiger partial charge in [-0.2, -0.15) is 4.37 Å². The zero-order valence-corrected chi connectivity index (χ0v) is 12.8. The maximum atomic E-state index is 4.46. The second kappa shape index (κ2) is 8.12. The molecule has 102 valence electrons. The van der Waals surface area contributed by atoms with Gasteiger partial charge < -0.3 is 5.32 Å². The number of hydrogen-bond donors (Lipinski definition) is 1. The Morgan fingerprint density at radius 1 is 1.33 bits per heavy atom. The minimum absolute atomic E-state index is 0.928. The van der Waals surface area contributed by atoms with Gasteiger partial charge in [0.2, 0.25) is 0 Å². The number of aromatic nitrogens is 2. The minimum atomic E-state index is 0.928. The molecule has 1 aromatic heterocycles. The van der Waals surface area contributed by atoms with Gasteiger partial charge in [0.15, 0.2) is 4.34 Å². The van der Waals surface area contributed by atoms with E-state index in [4.69, 9.17) is 0 Å². The molecule has 0 radical (unpaired) electrons. The Labute approximate surface area is 118 Å². The van der Waals surface area contributed by atoms with E-state index in [1.807, 2.05) is 11.8 Å². The third kappa shape index (κ3) is 4.86. The van der Waals surface area contributed by atoms with Crippen LogP contribution >= 0.6 is 23.3 Å². The quantitative estimate of drug-likeness (QED) is 0.616. The van der Waals surface area contributed by atoms with Crippen LogP contribution in [0, 0.1) is 5.92 Å². The predicted molar refractivity (Wildman–Crippen MR) is 79.5 cm³/mol. The average molecular weight is 285 g/mol. The van der Waals surface area contributed by atoms with Gasteiger partial charge >= 0.3 is 0 Å². The summed E-state index contributed by atoms with van der Waals surface area (Å²) in [7, 11) is 0. The number of aryl methyl sites for hydroxylation is 1. The van der Waals surface area contributed by atoms with E-state index < -0.39 is 0 Å². The van der Waals surface area contributed by atoms with Gasteiger partial charge in [-0.05, 0) is 36.8 Å². The summed E-state index contributed by atoms with van der Waals surface area (Å²) in [5.74, 6) is 3.01. The number of hydrogen-bond acceptors (Lipinski definition) is 5. The zero-order chi connectivity index (χ0) is 12.6. The molecule has 1 heterocycles. The first kappa shape index (κ1) is 14.3. The van der Waals surface area contributed by atoms with Gasteiger partial charge in [0.1, 0.15) is 5.82 Å². The van der Waals surface area contributed by atoms with Crippen molar-refractivity contribution in [3.8, 4) is 0 Å². The van der Waals surface area contributed by atoms with Crippen LogP contribution in [0.25, 0.3) is 0 Å². The molecule has 0 atom stereocenters. The Balaban J connectivity index is 1.52. The van der Waals surface area contributed by atoms with Crippen molar-refractivity contribution in [3.63, 3.8) is 0 Å². The molecule has 0 bridgehead atoms. The van der Waals surface area contributed by atoms with Crippen LogP contribution in [0.4, 0.5) is 0 Å². The molecule has 3 nitrogen and oxygen atoms in total. The summed E-state index contributed by atoms with van der Waals surface area (Å²) in [6.45, 7) is 4.39. The Morgan fingerprint density at radius 3 is 2.89 bits per heavy atom. The lowest BCUT2D eigenvalue weighted by Gasteiger charge is -2.21. The summed E-state index contributed by atoms with van der Waals surface area (Å²) in [5.41, 5.74) is 0. The maximum absolute atomic E-state index is 4.46. The van der Waals surface area contributed by atoms with Crippen molar-refractivity contribution in [3.05, 3.63) is 5.82 Å². The fourth-order valence-corrected chi connectivity index (χ4v) is 4.01. The van der Waals surface area contributed by atoms with E-state index in [1.165, 1.54) is 50.2 Å². The lowest BCUT2D eigenvalue weighted by atomic mass is 9.89. The highest BCUT2D eigenvalue weighted by atomic mass is 32.2. The minimum Gasteiger partial charge on any atom is -0.316 e. The molecule has 2 rings (SSSR count). The summed E-state index contributed by atoms with van der Waals surface area (Å²) in [5, 5.41) is 3.58. The van der Waals surface area contributed by atoms with Crippen LogP contribution in [0.1, 0.15) is 44.9 Å². The molecule has 1 saturated carbocycles. The van der Waals surface area contributed by atoms with Crippen LogP contribution in [-0.4, -0.2) is 28.2 Å². The Bertz CT molecular complexity index is 335. The molecule has 1 N–H and O–H groups in total. The summed E-state index contributed by atoms with van der Waals surface area (Å²) in [6.07, 6.45) is 8.12. The van der Waals surface area contributed by atoms with Crippen molar-refractivity contribution in [1.29, 1.82) is 0 Å². The Hall–Kier alpha value is -0.130. The molecule has 1 aliphatic carbocycles. The van der Waals surface area contributed by atoms with E-state index in [-0.39, 0.29) is 0 Å². The summed E-state index contributed by atoms with van der Waals surface area (Å²) in [6, 6.07) is 0. The smallest absolute Gasteiger partial charge is 0.170 e. The van der Waals surface area contributed by atoms with Gasteiger partial charge in [-0.15, -0.1) is 0 Å². The first-order valence-corrected chi connectivity index (χ1v) is 8.80. The van der Waals surface area contributed by atoms with E-state index >= 15 is 0 Å². The molecule has 5 heteroatoms. The van der Waals surface area contributed by atoms with Crippen LogP contribution in [0.3, 0.4) is 0 Å². The van der Waals surface area contributed by atoms with Crippen molar-refractivity contribution >= 4 is 23.3 Å².